The van der Waals surface area contributed by atoms with E-state index in [4.69, 9.17) is 5.72 Å². The van der Waals surface area contributed by atoms with Crippen molar-refractivity contribution in [3.8, 4) is 0 Å². The van der Waals surface area contributed by atoms with Crippen LogP contribution in [0.3, 0.4) is 0 Å². The molecule has 0 heterocycles. The van der Waals surface area contributed by atoms with E-state index in [0.717, 1.165) is 104 Å². The molecule has 0 aromatic carbocycles. The van der Waals surface area contributed by atoms with Crippen LogP contribution in [0.4, 0.5) is 0 Å². The molecule has 31 heavy (non-hydrogen) atoms. The summed E-state index contributed by atoms with van der Waals surface area (Å²) in [6.07, 6.45) is 13.5. The summed E-state index contributed by atoms with van der Waals surface area (Å²) >= 11 is -6.41. The van der Waals surface area contributed by atoms with Crippen LogP contribution >= 0.6 is 7.82 Å². The Kier molecular flexibility index (Phi) is 20.0. The maximum absolute atomic E-state index is 13.6. The van der Waals surface area contributed by atoms with Gasteiger partial charge in [-0.2, -0.15) is 0 Å². The van der Waals surface area contributed by atoms with E-state index in [-0.39, 0.29) is 0 Å². The fourth-order valence-corrected chi connectivity index (χ4v) is 43.0. The molecule has 0 aromatic heterocycles. The van der Waals surface area contributed by atoms with Crippen molar-refractivity contribution in [2.45, 2.75) is 145 Å². The van der Waals surface area contributed by atoms with Gasteiger partial charge < -0.3 is 0 Å². The molecule has 0 aromatic rings. The average Bonchev–Trinajstić information content (AvgIpc) is 2.75. The molecule has 0 fully saturated rings. The van der Waals surface area contributed by atoms with Gasteiger partial charge in [0.05, 0.1) is 0 Å². The van der Waals surface area contributed by atoms with Crippen molar-refractivity contribution in [3.05, 3.63) is 0 Å². The van der Waals surface area contributed by atoms with Crippen molar-refractivity contribution in [1.29, 1.82) is 0 Å². The maximum atomic E-state index is 13.6. The molecule has 188 valence electrons. The van der Waals surface area contributed by atoms with Gasteiger partial charge in [0, 0.05) is 0 Å². The summed E-state index contributed by atoms with van der Waals surface area (Å²) in [5.74, 6) is 0. The first kappa shape index (κ1) is 32.7. The molecular formula is C24H55O4PSn2. The molecule has 0 rings (SSSR count). The van der Waals surface area contributed by atoms with Gasteiger partial charge in [-0.15, -0.1) is 0 Å². The second-order valence-corrected chi connectivity index (χ2v) is 36.1. The minimum atomic E-state index is -3.99. The standard InChI is InChI=1S/6C4H9.H3O4P.2Sn/c6*1-3-4-2;1-5(2,3)4;;/h6*1,3-4H2,2H3;(H3,1,2,3,4);;/q;;;;;;;2*+1/p-2. The summed E-state index contributed by atoms with van der Waals surface area (Å²) in [5, 5.41) is 0. The van der Waals surface area contributed by atoms with Crippen molar-refractivity contribution in [3.63, 3.8) is 0 Å². The first-order valence-electron chi connectivity index (χ1n) is 13.5. The van der Waals surface area contributed by atoms with E-state index in [9.17, 15) is 9.46 Å². The van der Waals surface area contributed by atoms with E-state index < -0.39 is 45.4 Å². The molecule has 4 nitrogen and oxygen atoms in total. The number of rotatable bonds is 22. The van der Waals surface area contributed by atoms with Crippen molar-refractivity contribution < 1.29 is 15.2 Å². The van der Waals surface area contributed by atoms with Crippen molar-refractivity contribution in [2.24, 2.45) is 0 Å². The Morgan fingerprint density at radius 2 is 0.710 bits per heavy atom. The zero-order valence-electron chi connectivity index (χ0n) is 21.8. The predicted octanol–water partition coefficient (Wildman–Crippen LogP) is 9.81. The summed E-state index contributed by atoms with van der Waals surface area (Å²) in [4.78, 5) is 11.2. The molecule has 1 N–H and O–H groups in total. The quantitative estimate of drug-likeness (QED) is 0.0917. The van der Waals surface area contributed by atoms with E-state index in [0.29, 0.717) is 0 Å². The van der Waals surface area contributed by atoms with Gasteiger partial charge in [0.25, 0.3) is 0 Å². The van der Waals surface area contributed by atoms with Gasteiger partial charge in [0.2, 0.25) is 0 Å². The van der Waals surface area contributed by atoms with Crippen LogP contribution in [0.2, 0.25) is 26.6 Å². The van der Waals surface area contributed by atoms with Gasteiger partial charge in [-0.3, -0.25) is 0 Å². The molecule has 0 spiro atoms. The van der Waals surface area contributed by atoms with Crippen LogP contribution in [-0.4, -0.2) is 42.5 Å². The van der Waals surface area contributed by atoms with Gasteiger partial charge in [-0.1, -0.05) is 0 Å². The minimum absolute atomic E-state index is 1.07. The van der Waals surface area contributed by atoms with Crippen LogP contribution in [0.1, 0.15) is 119 Å². The fourth-order valence-electron chi connectivity index (χ4n) is 4.53. The normalized spacial score (nSPS) is 13.1. The van der Waals surface area contributed by atoms with Crippen molar-refractivity contribution >= 4 is 45.4 Å². The van der Waals surface area contributed by atoms with E-state index in [1.54, 1.807) is 0 Å². The van der Waals surface area contributed by atoms with E-state index in [2.05, 4.69) is 41.5 Å². The predicted molar refractivity (Wildman–Crippen MR) is 142 cm³/mol. The van der Waals surface area contributed by atoms with Crippen LogP contribution in [0.15, 0.2) is 0 Å². The number of unbranched alkanes of at least 4 members (excludes halogenated alkanes) is 6. The van der Waals surface area contributed by atoms with Gasteiger partial charge in [-0.05, 0) is 0 Å². The molecule has 0 saturated carbocycles. The second-order valence-electron chi connectivity index (χ2n) is 9.64. The first-order valence-corrected chi connectivity index (χ1v) is 29.5. The zero-order chi connectivity index (χ0) is 23.6. The van der Waals surface area contributed by atoms with E-state index in [1.807, 2.05) is 0 Å². The monoisotopic (exact) mass is 678 g/mol. The van der Waals surface area contributed by atoms with Gasteiger partial charge >= 0.3 is 206 Å². The number of phosphoric acid groups is 1. The van der Waals surface area contributed by atoms with E-state index in [1.165, 1.54) is 0 Å². The molecule has 0 atom stereocenters. The average molecular weight is 676 g/mol. The molecule has 7 heteroatoms. The van der Waals surface area contributed by atoms with E-state index >= 15 is 0 Å². The molecule has 0 amide bonds. The Labute approximate surface area is 204 Å². The van der Waals surface area contributed by atoms with Crippen LogP contribution in [0, 0.1) is 0 Å². The summed E-state index contributed by atoms with van der Waals surface area (Å²) in [5.41, 5.74) is 0. The summed E-state index contributed by atoms with van der Waals surface area (Å²) in [6.45, 7) is 13.3. The third kappa shape index (κ3) is 14.6. The number of hydrogen-bond acceptors (Lipinski definition) is 3. The third-order valence-corrected chi connectivity index (χ3v) is 40.0. The van der Waals surface area contributed by atoms with Gasteiger partial charge in [-0.25, -0.2) is 0 Å². The molecule has 0 saturated heterocycles. The van der Waals surface area contributed by atoms with Crippen LogP contribution in [0.25, 0.3) is 0 Å². The summed E-state index contributed by atoms with van der Waals surface area (Å²) in [7, 11) is -3.99. The number of hydrogen-bond donors (Lipinski definition) is 1. The molecule has 0 unspecified atom stereocenters. The fraction of sp³-hybridized carbons (Fsp3) is 1.00. The van der Waals surface area contributed by atoms with Crippen LogP contribution < -0.4 is 0 Å². The van der Waals surface area contributed by atoms with Gasteiger partial charge in [0.1, 0.15) is 0 Å². The Bertz CT molecular complexity index is 395. The Hall–Kier alpha value is 1.71. The topological polar surface area (TPSA) is 55.8 Å². The Morgan fingerprint density at radius 1 is 0.516 bits per heavy atom. The zero-order valence-corrected chi connectivity index (χ0v) is 28.4. The SMILES string of the molecule is CCC[CH2][Sn]([CH2]CCC)([CH2]CCC)[O]P(=O)(O)[O][Sn]([CH2]CCC)([CH2]CCC)[CH2]CCC. The summed E-state index contributed by atoms with van der Waals surface area (Å²) < 4.78 is 33.0. The van der Waals surface area contributed by atoms with Gasteiger partial charge in [0.15, 0.2) is 0 Å². The molecule has 0 bridgehead atoms. The van der Waals surface area contributed by atoms with Crippen molar-refractivity contribution in [2.75, 3.05) is 0 Å². The Morgan fingerprint density at radius 3 is 0.871 bits per heavy atom. The van der Waals surface area contributed by atoms with Crippen LogP contribution in [0.5, 0.6) is 0 Å². The molecule has 0 radical (unpaired) electrons. The second kappa shape index (κ2) is 19.0. The third-order valence-electron chi connectivity index (χ3n) is 6.53. The molecule has 0 aliphatic rings. The Balaban J connectivity index is 5.78. The molecular weight excluding hydrogens is 621 g/mol. The van der Waals surface area contributed by atoms with Crippen molar-refractivity contribution in [1.82, 2.24) is 0 Å². The molecule has 0 aliphatic carbocycles. The van der Waals surface area contributed by atoms with Crippen LogP contribution in [-0.2, 0) is 10.3 Å². The molecule has 0 aliphatic heterocycles. The summed E-state index contributed by atoms with van der Waals surface area (Å²) in [6, 6.07) is 0. The first-order chi connectivity index (χ1) is 14.8.